The van der Waals surface area contributed by atoms with Gasteiger partial charge >= 0.3 is 0 Å². The van der Waals surface area contributed by atoms with Crippen LogP contribution in [0, 0.1) is 25.2 Å². The van der Waals surface area contributed by atoms with Crippen LogP contribution in [0.4, 0.5) is 0 Å². The molecule has 1 saturated heterocycles. The molecule has 0 spiro atoms. The van der Waals surface area contributed by atoms with E-state index in [0.717, 1.165) is 35.2 Å². The molecular formula is C38H55NPS+. The Labute approximate surface area is 258 Å². The van der Waals surface area contributed by atoms with Crippen LogP contribution < -0.4 is 5.32 Å². The summed E-state index contributed by atoms with van der Waals surface area (Å²) >= 11 is 4.72. The molecular weight excluding hydrogens is 533 g/mol. The topological polar surface area (TPSA) is 12.0 Å². The first kappa shape index (κ1) is 32.2. The maximum Gasteiger partial charge on any atom is 0.114 e. The molecule has 6 atom stereocenters. The number of hydrogen-bond acceptors (Lipinski definition) is 2. The molecule has 0 amide bonds. The van der Waals surface area contributed by atoms with Crippen molar-refractivity contribution in [1.82, 2.24) is 5.32 Å². The van der Waals surface area contributed by atoms with Crippen LogP contribution >= 0.6 is 19.9 Å². The quantitative estimate of drug-likeness (QED) is 0.113. The summed E-state index contributed by atoms with van der Waals surface area (Å²) in [7, 11) is -1.24. The lowest BCUT2D eigenvalue weighted by Crippen LogP contribution is -2.31. The number of unbranched alkanes of at least 4 members (excludes halogenated alkanes) is 3. The maximum atomic E-state index is 4.72. The SMILES string of the molecule is C=Cc1c(C)cc(C(=C)NCC(C)[P+]2(C=C)C3CC(C)(CCCCCCc4ccccc4)CC(CCS)C32)cc1C. The highest BCUT2D eigenvalue weighted by Gasteiger charge is 2.78. The normalized spacial score (nSPS) is 27.5. The Morgan fingerprint density at radius 2 is 1.76 bits per heavy atom. The van der Waals surface area contributed by atoms with Crippen molar-refractivity contribution in [3.8, 4) is 0 Å². The molecule has 6 unspecified atom stereocenters. The van der Waals surface area contributed by atoms with Crippen molar-refractivity contribution >= 4 is 31.7 Å². The van der Waals surface area contributed by atoms with Gasteiger partial charge in [-0.25, -0.2) is 0 Å². The minimum atomic E-state index is -1.24. The molecule has 1 saturated carbocycles. The summed E-state index contributed by atoms with van der Waals surface area (Å²) in [5, 5.41) is 3.76. The molecule has 1 nitrogen and oxygen atoms in total. The Bertz CT molecular complexity index is 1180. The molecule has 1 N–H and O–H groups in total. The summed E-state index contributed by atoms with van der Waals surface area (Å²) < 4.78 is 0. The number of benzene rings is 2. The third-order valence-corrected chi connectivity index (χ3v) is 16.2. The fourth-order valence-corrected chi connectivity index (χ4v) is 14.7. The fourth-order valence-electron chi connectivity index (χ4n) is 8.35. The standard InChI is InChI=1S/C38H54NPS/c1-8-35-28(3)23-34(24-29(35)4)31(6)39-27-30(5)40(9-2)36-26-38(7,25-33(20-22-41)37(36)40)21-16-11-10-13-17-32-18-14-12-15-19-32/h8-9,12,14-15,18-19,23-24,30,33,36-37,39H,1-2,6,10-11,13,16-17,20-22,25-27H2,3-5,7H3/p+1. The molecule has 0 radical (unpaired) electrons. The van der Waals surface area contributed by atoms with Gasteiger partial charge in [-0.3, -0.25) is 0 Å². The Morgan fingerprint density at radius 1 is 1.07 bits per heavy atom. The minimum Gasteiger partial charge on any atom is -0.381 e. The van der Waals surface area contributed by atoms with E-state index in [1.165, 1.54) is 85.6 Å². The second-order valence-corrected chi connectivity index (χ2v) is 18.2. The van der Waals surface area contributed by atoms with E-state index < -0.39 is 7.26 Å². The van der Waals surface area contributed by atoms with Crippen molar-refractivity contribution in [2.24, 2.45) is 11.3 Å². The van der Waals surface area contributed by atoms with Crippen LogP contribution in [-0.2, 0) is 6.42 Å². The first-order chi connectivity index (χ1) is 19.7. The van der Waals surface area contributed by atoms with Crippen molar-refractivity contribution in [2.75, 3.05) is 12.3 Å². The molecule has 2 fully saturated rings. The van der Waals surface area contributed by atoms with Crippen molar-refractivity contribution in [3.63, 3.8) is 0 Å². The third-order valence-electron chi connectivity index (χ3n) is 10.5. The first-order valence-corrected chi connectivity index (χ1v) is 18.7. The van der Waals surface area contributed by atoms with Crippen LogP contribution in [-0.4, -0.2) is 29.3 Å². The maximum absolute atomic E-state index is 4.72. The lowest BCUT2D eigenvalue weighted by Gasteiger charge is -2.35. The molecule has 3 heteroatoms. The molecule has 41 heavy (non-hydrogen) atoms. The van der Waals surface area contributed by atoms with Crippen LogP contribution in [0.2, 0.25) is 0 Å². The summed E-state index contributed by atoms with van der Waals surface area (Å²) in [6, 6.07) is 15.5. The van der Waals surface area contributed by atoms with Gasteiger partial charge in [-0.1, -0.05) is 82.3 Å². The Morgan fingerprint density at radius 3 is 2.39 bits per heavy atom. The summed E-state index contributed by atoms with van der Waals surface area (Å²) in [6.07, 6.45) is 14.0. The molecule has 2 aromatic rings. The monoisotopic (exact) mass is 588 g/mol. The van der Waals surface area contributed by atoms with Gasteiger partial charge in [0.05, 0.1) is 25.3 Å². The van der Waals surface area contributed by atoms with Gasteiger partial charge < -0.3 is 5.32 Å². The highest BCUT2D eigenvalue weighted by Crippen LogP contribution is 2.92. The molecule has 0 bridgehead atoms. The van der Waals surface area contributed by atoms with Crippen molar-refractivity contribution in [3.05, 3.63) is 95.8 Å². The van der Waals surface area contributed by atoms with E-state index >= 15 is 0 Å². The molecule has 1 aliphatic heterocycles. The fraction of sp³-hybridized carbons (Fsp3) is 0.526. The highest BCUT2D eigenvalue weighted by molar-refractivity contribution is 7.87. The van der Waals surface area contributed by atoms with Gasteiger partial charge in [0, 0.05) is 11.6 Å². The van der Waals surface area contributed by atoms with Gasteiger partial charge in [0.1, 0.15) is 11.3 Å². The van der Waals surface area contributed by atoms with Gasteiger partial charge in [-0.2, -0.15) is 12.6 Å². The van der Waals surface area contributed by atoms with Gasteiger partial charge in [0.15, 0.2) is 0 Å². The Kier molecular flexibility index (Phi) is 11.1. The lowest BCUT2D eigenvalue weighted by atomic mass is 9.68. The number of thiol groups is 1. The van der Waals surface area contributed by atoms with E-state index in [1.54, 1.807) is 0 Å². The van der Waals surface area contributed by atoms with Crippen molar-refractivity contribution in [2.45, 2.75) is 102 Å². The zero-order chi connectivity index (χ0) is 29.6. The number of aryl methyl sites for hydroxylation is 3. The minimum absolute atomic E-state index is 0.470. The summed E-state index contributed by atoms with van der Waals surface area (Å²) in [4.78, 5) is 0. The average molecular weight is 589 g/mol. The van der Waals surface area contributed by atoms with Gasteiger partial charge in [-0.05, 0) is 110 Å². The largest absolute Gasteiger partial charge is 0.381 e. The van der Waals surface area contributed by atoms with E-state index in [1.807, 2.05) is 6.08 Å². The van der Waals surface area contributed by atoms with Gasteiger partial charge in [0.25, 0.3) is 0 Å². The summed E-state index contributed by atoms with van der Waals surface area (Å²) in [6.45, 7) is 23.3. The van der Waals surface area contributed by atoms with Crippen LogP contribution in [0.15, 0.2) is 68.0 Å². The van der Waals surface area contributed by atoms with Gasteiger partial charge in [0.2, 0.25) is 0 Å². The molecule has 0 aromatic heterocycles. The van der Waals surface area contributed by atoms with E-state index in [0.29, 0.717) is 11.1 Å². The number of rotatable bonds is 16. The van der Waals surface area contributed by atoms with Crippen LogP contribution in [0.5, 0.6) is 0 Å². The molecule has 2 aliphatic rings. The van der Waals surface area contributed by atoms with E-state index in [-0.39, 0.29) is 0 Å². The van der Waals surface area contributed by atoms with E-state index in [2.05, 4.69) is 101 Å². The number of hydrogen-bond donors (Lipinski definition) is 2. The predicted molar refractivity (Wildman–Crippen MR) is 190 cm³/mol. The third kappa shape index (κ3) is 7.25. The number of fused-ring (bicyclic) bond motifs is 1. The predicted octanol–water partition coefficient (Wildman–Crippen LogP) is 10.7. The molecule has 1 heterocycles. The lowest BCUT2D eigenvalue weighted by molar-refractivity contribution is 0.164. The van der Waals surface area contributed by atoms with E-state index in [4.69, 9.17) is 12.6 Å². The smallest absolute Gasteiger partial charge is 0.114 e. The number of nitrogens with one attached hydrogen (secondary N) is 1. The Hall–Kier alpha value is -1.76. The second-order valence-electron chi connectivity index (χ2n) is 13.5. The zero-order valence-electron chi connectivity index (χ0n) is 26.3. The van der Waals surface area contributed by atoms with Crippen molar-refractivity contribution in [1.29, 1.82) is 0 Å². The van der Waals surface area contributed by atoms with Crippen LogP contribution in [0.3, 0.4) is 0 Å². The Balaban J connectivity index is 1.34. The average Bonchev–Trinajstić information content (AvgIpc) is 3.62. The summed E-state index contributed by atoms with van der Waals surface area (Å²) in [5.74, 6) is 4.28. The van der Waals surface area contributed by atoms with Crippen LogP contribution in [0.25, 0.3) is 11.8 Å². The van der Waals surface area contributed by atoms with Gasteiger partial charge in [-0.15, -0.1) is 0 Å². The summed E-state index contributed by atoms with van der Waals surface area (Å²) in [5.41, 5.74) is 10.3. The molecule has 4 rings (SSSR count). The first-order valence-electron chi connectivity index (χ1n) is 16.0. The highest BCUT2D eigenvalue weighted by atomic mass is 32.1. The zero-order valence-corrected chi connectivity index (χ0v) is 28.1. The van der Waals surface area contributed by atoms with Crippen molar-refractivity contribution < 1.29 is 0 Å². The second kappa shape index (κ2) is 14.1. The molecule has 2 aromatic carbocycles. The molecule has 222 valence electrons. The van der Waals surface area contributed by atoms with Crippen LogP contribution in [0.1, 0.15) is 93.0 Å². The molecule has 1 aliphatic carbocycles. The van der Waals surface area contributed by atoms with E-state index in [9.17, 15) is 0 Å².